The lowest BCUT2D eigenvalue weighted by molar-refractivity contribution is -0.143. The number of rotatable bonds is 6. The smallest absolute Gasteiger partial charge is 0.329 e. The van der Waals surface area contributed by atoms with E-state index in [9.17, 15) is 4.79 Å². The average Bonchev–Trinajstić information content (AvgIpc) is 2.24. The van der Waals surface area contributed by atoms with Gasteiger partial charge in [0.15, 0.2) is 4.87 Å². The second-order valence-electron chi connectivity index (χ2n) is 4.18. The van der Waals surface area contributed by atoms with Crippen molar-refractivity contribution >= 4 is 29.2 Å². The van der Waals surface area contributed by atoms with Crippen LogP contribution in [0.2, 0.25) is 0 Å². The van der Waals surface area contributed by atoms with E-state index in [4.69, 9.17) is 23.2 Å². The van der Waals surface area contributed by atoms with Gasteiger partial charge in [-0.15, -0.1) is 23.2 Å². The Hall–Kier alpha value is 0.01000. The van der Waals surface area contributed by atoms with E-state index < -0.39 is 10.8 Å². The zero-order valence-corrected chi connectivity index (χ0v) is 11.2. The van der Waals surface area contributed by atoms with Crippen LogP contribution >= 0.6 is 23.2 Å². The van der Waals surface area contributed by atoms with Crippen LogP contribution in [0.4, 0.5) is 0 Å². The van der Waals surface area contributed by atoms with Crippen molar-refractivity contribution < 1.29 is 9.53 Å². The van der Waals surface area contributed by atoms with E-state index in [2.05, 4.69) is 17.0 Å². The number of halogens is 2. The van der Waals surface area contributed by atoms with Crippen LogP contribution < -0.4 is 5.32 Å². The van der Waals surface area contributed by atoms with E-state index in [1.165, 1.54) is 7.11 Å². The maximum Gasteiger partial charge on any atom is 0.329 e. The lowest BCUT2D eigenvalue weighted by Gasteiger charge is -2.30. The molecule has 1 atom stereocenters. The second kappa shape index (κ2) is 5.92. The third-order valence-corrected chi connectivity index (χ3v) is 3.51. The molecule has 1 unspecified atom stereocenters. The molecule has 0 radical (unpaired) electrons. The number of alkyl halides is 2. The largest absolute Gasteiger partial charge is 0.468 e. The Labute approximate surface area is 101 Å². The Morgan fingerprint density at radius 2 is 2.00 bits per heavy atom. The molecule has 0 aromatic rings. The lowest BCUT2D eigenvalue weighted by Crippen LogP contribution is -2.51. The van der Waals surface area contributed by atoms with Crippen LogP contribution in [0.1, 0.15) is 27.2 Å². The summed E-state index contributed by atoms with van der Waals surface area (Å²) in [4.78, 5) is 10.2. The average molecular weight is 256 g/mol. The van der Waals surface area contributed by atoms with Crippen molar-refractivity contribution in [3.8, 4) is 0 Å². The molecule has 0 rings (SSSR count). The zero-order valence-electron chi connectivity index (χ0n) is 9.69. The van der Waals surface area contributed by atoms with Crippen molar-refractivity contribution in [2.24, 2.45) is 0 Å². The molecule has 0 saturated carbocycles. The van der Waals surface area contributed by atoms with Crippen molar-refractivity contribution in [3.63, 3.8) is 0 Å². The number of esters is 1. The number of ether oxygens (including phenoxy) is 1. The fourth-order valence-corrected chi connectivity index (χ4v) is 1.21. The van der Waals surface area contributed by atoms with Gasteiger partial charge >= 0.3 is 5.97 Å². The molecule has 5 heteroatoms. The summed E-state index contributed by atoms with van der Waals surface area (Å²) >= 11 is 11.8. The fourth-order valence-electron chi connectivity index (χ4n) is 0.861. The highest BCUT2D eigenvalue weighted by Crippen LogP contribution is 2.20. The molecule has 0 aromatic heterocycles. The van der Waals surface area contributed by atoms with E-state index in [1.807, 2.05) is 13.8 Å². The molecule has 0 heterocycles. The molecule has 0 fully saturated rings. The first-order valence-electron chi connectivity index (χ1n) is 4.89. The van der Waals surface area contributed by atoms with Crippen LogP contribution in [0.15, 0.2) is 0 Å². The molecule has 0 saturated heterocycles. The molecular formula is C10H19Cl2NO2. The number of methoxy groups -OCH3 is 1. The molecule has 0 aliphatic rings. The van der Waals surface area contributed by atoms with Gasteiger partial charge in [-0.3, -0.25) is 4.79 Å². The van der Waals surface area contributed by atoms with Crippen molar-refractivity contribution in [1.82, 2.24) is 5.32 Å². The SMILES string of the molecule is CCC(C)(C)NCC(Cl)(CCl)C(=O)OC. The maximum absolute atomic E-state index is 11.4. The van der Waals surface area contributed by atoms with E-state index >= 15 is 0 Å². The standard InChI is InChI=1S/C10H19Cl2NO2/c1-5-9(2,3)13-7-10(12,6-11)8(14)15-4/h13H,5-7H2,1-4H3. The Morgan fingerprint density at radius 1 is 1.47 bits per heavy atom. The van der Waals surface area contributed by atoms with Crippen molar-refractivity contribution in [2.75, 3.05) is 19.5 Å². The van der Waals surface area contributed by atoms with E-state index in [0.29, 0.717) is 6.54 Å². The molecule has 0 aromatic carbocycles. The van der Waals surface area contributed by atoms with Crippen LogP contribution in [-0.4, -0.2) is 35.9 Å². The van der Waals surface area contributed by atoms with Crippen LogP contribution in [0.25, 0.3) is 0 Å². The Balaban J connectivity index is 4.40. The second-order valence-corrected chi connectivity index (χ2v) is 5.17. The number of hydrogen-bond donors (Lipinski definition) is 1. The van der Waals surface area contributed by atoms with Gasteiger partial charge in [-0.25, -0.2) is 0 Å². The van der Waals surface area contributed by atoms with Gasteiger partial charge in [0, 0.05) is 12.1 Å². The van der Waals surface area contributed by atoms with Crippen LogP contribution in [0.5, 0.6) is 0 Å². The number of carbonyl (C=O) groups excluding carboxylic acids is 1. The quantitative estimate of drug-likeness (QED) is 0.584. The number of carbonyl (C=O) groups is 1. The first-order chi connectivity index (χ1) is 6.81. The lowest BCUT2D eigenvalue weighted by atomic mass is 10.0. The minimum absolute atomic E-state index is 0.0218. The first kappa shape index (κ1) is 15.0. The van der Waals surface area contributed by atoms with Crippen LogP contribution in [0.3, 0.4) is 0 Å². The highest BCUT2D eigenvalue weighted by atomic mass is 35.5. The van der Waals surface area contributed by atoms with Crippen LogP contribution in [0, 0.1) is 0 Å². The highest BCUT2D eigenvalue weighted by molar-refractivity contribution is 6.39. The molecule has 3 nitrogen and oxygen atoms in total. The Bertz CT molecular complexity index is 221. The Kier molecular flexibility index (Phi) is 5.93. The van der Waals surface area contributed by atoms with E-state index in [-0.39, 0.29) is 11.4 Å². The molecular weight excluding hydrogens is 237 g/mol. The molecule has 1 N–H and O–H groups in total. The van der Waals surface area contributed by atoms with Gasteiger partial charge in [-0.05, 0) is 20.3 Å². The minimum atomic E-state index is -1.18. The summed E-state index contributed by atoms with van der Waals surface area (Å²) in [6.45, 7) is 6.43. The van der Waals surface area contributed by atoms with Gasteiger partial charge in [-0.2, -0.15) is 0 Å². The summed E-state index contributed by atoms with van der Waals surface area (Å²) in [6, 6.07) is 0. The van der Waals surface area contributed by atoms with E-state index in [1.54, 1.807) is 0 Å². The number of hydrogen-bond acceptors (Lipinski definition) is 3. The monoisotopic (exact) mass is 255 g/mol. The van der Waals surface area contributed by atoms with Gasteiger partial charge in [0.2, 0.25) is 0 Å². The normalized spacial score (nSPS) is 15.9. The zero-order chi connectivity index (χ0) is 12.1. The van der Waals surface area contributed by atoms with Gasteiger partial charge in [0.1, 0.15) is 0 Å². The van der Waals surface area contributed by atoms with Gasteiger partial charge < -0.3 is 10.1 Å². The maximum atomic E-state index is 11.4. The summed E-state index contributed by atoms with van der Waals surface area (Å²) in [5, 5.41) is 3.20. The number of nitrogens with one attached hydrogen (secondary N) is 1. The topological polar surface area (TPSA) is 38.3 Å². The molecule has 0 spiro atoms. The molecule has 0 bridgehead atoms. The molecule has 0 amide bonds. The van der Waals surface area contributed by atoms with Crippen molar-refractivity contribution in [1.29, 1.82) is 0 Å². The first-order valence-corrected chi connectivity index (χ1v) is 5.81. The molecule has 0 aliphatic heterocycles. The van der Waals surface area contributed by atoms with Crippen molar-refractivity contribution in [3.05, 3.63) is 0 Å². The minimum Gasteiger partial charge on any atom is -0.468 e. The summed E-state index contributed by atoms with van der Waals surface area (Å²) in [7, 11) is 1.30. The predicted octanol–water partition coefficient (Wildman–Crippen LogP) is 2.15. The van der Waals surface area contributed by atoms with E-state index in [0.717, 1.165) is 6.42 Å². The van der Waals surface area contributed by atoms with Crippen LogP contribution in [-0.2, 0) is 9.53 Å². The summed E-state index contributed by atoms with van der Waals surface area (Å²) in [6.07, 6.45) is 0.934. The third-order valence-electron chi connectivity index (χ3n) is 2.49. The predicted molar refractivity (Wildman–Crippen MR) is 63.7 cm³/mol. The summed E-state index contributed by atoms with van der Waals surface area (Å²) in [5.41, 5.74) is -0.0692. The van der Waals surface area contributed by atoms with Gasteiger partial charge in [-0.1, -0.05) is 6.92 Å². The van der Waals surface area contributed by atoms with Crippen molar-refractivity contribution in [2.45, 2.75) is 37.6 Å². The molecule has 0 aliphatic carbocycles. The summed E-state index contributed by atoms with van der Waals surface area (Å²) < 4.78 is 4.61. The molecule has 15 heavy (non-hydrogen) atoms. The fraction of sp³-hybridized carbons (Fsp3) is 0.900. The Morgan fingerprint density at radius 3 is 2.33 bits per heavy atom. The summed E-state index contributed by atoms with van der Waals surface area (Å²) in [5.74, 6) is -0.479. The van der Waals surface area contributed by atoms with Gasteiger partial charge in [0.25, 0.3) is 0 Å². The third kappa shape index (κ3) is 4.58. The highest BCUT2D eigenvalue weighted by Gasteiger charge is 2.37. The van der Waals surface area contributed by atoms with Gasteiger partial charge in [0.05, 0.1) is 13.0 Å². The molecule has 90 valence electrons.